The van der Waals surface area contributed by atoms with Gasteiger partial charge >= 0.3 is 0 Å². The minimum atomic E-state index is 0.245. The third kappa shape index (κ3) is 1.45. The standard InChI is InChI=1S/C12H13N3/c1-2-6-13-10(4-1)12-11-5-3-8-15(11)9-7-14-12/h1-6,8,12,14H,7,9H2. The smallest absolute Gasteiger partial charge is 0.0905 e. The van der Waals surface area contributed by atoms with Gasteiger partial charge in [-0.15, -0.1) is 0 Å². The van der Waals surface area contributed by atoms with Crippen molar-refractivity contribution >= 4 is 0 Å². The van der Waals surface area contributed by atoms with Crippen LogP contribution >= 0.6 is 0 Å². The molecule has 3 nitrogen and oxygen atoms in total. The lowest BCUT2D eigenvalue weighted by atomic mass is 10.1. The van der Waals surface area contributed by atoms with E-state index in [2.05, 4.69) is 39.3 Å². The molecule has 3 rings (SSSR count). The maximum Gasteiger partial charge on any atom is 0.0905 e. The largest absolute Gasteiger partial charge is 0.348 e. The first-order chi connectivity index (χ1) is 7.45. The molecular formula is C12H13N3. The third-order valence-electron chi connectivity index (χ3n) is 2.85. The third-order valence-corrected chi connectivity index (χ3v) is 2.85. The van der Waals surface area contributed by atoms with Crippen LogP contribution in [-0.4, -0.2) is 16.1 Å². The molecule has 1 aliphatic heterocycles. The number of fused-ring (bicyclic) bond motifs is 1. The van der Waals surface area contributed by atoms with E-state index < -0.39 is 0 Å². The first-order valence-electron chi connectivity index (χ1n) is 5.24. The fourth-order valence-electron chi connectivity index (χ4n) is 2.13. The van der Waals surface area contributed by atoms with Crippen molar-refractivity contribution in [1.82, 2.24) is 14.9 Å². The van der Waals surface area contributed by atoms with Gasteiger partial charge in [0.15, 0.2) is 0 Å². The fraction of sp³-hybridized carbons (Fsp3) is 0.250. The van der Waals surface area contributed by atoms with Gasteiger partial charge in [-0.1, -0.05) is 6.07 Å². The van der Waals surface area contributed by atoms with Crippen LogP contribution < -0.4 is 5.32 Å². The summed E-state index contributed by atoms with van der Waals surface area (Å²) < 4.78 is 2.29. The lowest BCUT2D eigenvalue weighted by Gasteiger charge is -2.25. The lowest BCUT2D eigenvalue weighted by molar-refractivity contribution is 0.461. The lowest BCUT2D eigenvalue weighted by Crippen LogP contribution is -2.33. The number of hydrogen-bond donors (Lipinski definition) is 1. The number of nitrogens with zero attached hydrogens (tertiary/aromatic N) is 2. The Hall–Kier alpha value is -1.61. The molecule has 1 atom stereocenters. The van der Waals surface area contributed by atoms with Gasteiger partial charge in [-0.25, -0.2) is 0 Å². The van der Waals surface area contributed by atoms with Gasteiger partial charge in [-0.2, -0.15) is 0 Å². The molecule has 0 aliphatic carbocycles. The highest BCUT2D eigenvalue weighted by Crippen LogP contribution is 2.23. The van der Waals surface area contributed by atoms with Crippen LogP contribution in [0.25, 0.3) is 0 Å². The second kappa shape index (κ2) is 3.51. The van der Waals surface area contributed by atoms with E-state index in [9.17, 15) is 0 Å². The second-order valence-electron chi connectivity index (χ2n) is 3.77. The zero-order chi connectivity index (χ0) is 10.1. The summed E-state index contributed by atoms with van der Waals surface area (Å²) in [6, 6.07) is 10.6. The zero-order valence-corrected chi connectivity index (χ0v) is 8.43. The van der Waals surface area contributed by atoms with Crippen LogP contribution in [0.3, 0.4) is 0 Å². The molecule has 0 saturated heterocycles. The first-order valence-corrected chi connectivity index (χ1v) is 5.24. The Bertz CT molecular complexity index is 447. The molecule has 0 saturated carbocycles. The van der Waals surface area contributed by atoms with Crippen molar-refractivity contribution in [2.45, 2.75) is 12.6 Å². The molecule has 0 aromatic carbocycles. The van der Waals surface area contributed by atoms with E-state index in [1.165, 1.54) is 5.69 Å². The summed E-state index contributed by atoms with van der Waals surface area (Å²) in [5.74, 6) is 0. The molecule has 1 unspecified atom stereocenters. The number of aromatic nitrogens is 2. The minimum absolute atomic E-state index is 0.245. The summed E-state index contributed by atoms with van der Waals surface area (Å²) in [7, 11) is 0. The van der Waals surface area contributed by atoms with Crippen LogP contribution in [0.1, 0.15) is 17.4 Å². The number of nitrogens with one attached hydrogen (secondary N) is 1. The van der Waals surface area contributed by atoms with E-state index in [4.69, 9.17) is 0 Å². The van der Waals surface area contributed by atoms with Gasteiger partial charge in [-0.05, 0) is 24.3 Å². The molecule has 0 amide bonds. The van der Waals surface area contributed by atoms with Gasteiger partial charge in [0, 0.05) is 31.2 Å². The first kappa shape index (κ1) is 8.68. The Morgan fingerprint density at radius 1 is 1.27 bits per heavy atom. The van der Waals surface area contributed by atoms with Gasteiger partial charge in [0.25, 0.3) is 0 Å². The van der Waals surface area contributed by atoms with Gasteiger partial charge in [0.05, 0.1) is 11.7 Å². The average molecular weight is 199 g/mol. The van der Waals surface area contributed by atoms with Crippen LogP contribution in [-0.2, 0) is 6.54 Å². The second-order valence-corrected chi connectivity index (χ2v) is 3.77. The number of rotatable bonds is 1. The molecule has 2 aromatic rings. The predicted molar refractivity (Wildman–Crippen MR) is 58.5 cm³/mol. The van der Waals surface area contributed by atoms with Crippen molar-refractivity contribution in [3.63, 3.8) is 0 Å². The van der Waals surface area contributed by atoms with Crippen LogP contribution in [0.4, 0.5) is 0 Å². The Labute approximate surface area is 88.8 Å². The fourth-order valence-corrected chi connectivity index (χ4v) is 2.13. The molecule has 3 heteroatoms. The van der Waals surface area contributed by atoms with E-state index in [1.807, 2.05) is 18.3 Å². The van der Waals surface area contributed by atoms with E-state index in [0.29, 0.717) is 0 Å². The summed E-state index contributed by atoms with van der Waals surface area (Å²) in [5, 5.41) is 3.49. The average Bonchev–Trinajstić information content (AvgIpc) is 2.78. The van der Waals surface area contributed by atoms with E-state index >= 15 is 0 Å². The maximum atomic E-state index is 4.41. The minimum Gasteiger partial charge on any atom is -0.348 e. The number of pyridine rings is 1. The highest BCUT2D eigenvalue weighted by Gasteiger charge is 2.21. The topological polar surface area (TPSA) is 29.9 Å². The molecule has 76 valence electrons. The Kier molecular flexibility index (Phi) is 2.03. The number of hydrogen-bond acceptors (Lipinski definition) is 2. The summed E-state index contributed by atoms with van der Waals surface area (Å²) in [6.45, 7) is 2.05. The molecule has 0 radical (unpaired) electrons. The molecule has 0 fully saturated rings. The summed E-state index contributed by atoms with van der Waals surface area (Å²) in [4.78, 5) is 4.41. The van der Waals surface area contributed by atoms with Crippen LogP contribution in [0, 0.1) is 0 Å². The molecule has 3 heterocycles. The summed E-state index contributed by atoms with van der Waals surface area (Å²) in [6.07, 6.45) is 3.98. The predicted octanol–water partition coefficient (Wildman–Crippen LogP) is 1.58. The molecule has 0 spiro atoms. The molecule has 1 N–H and O–H groups in total. The van der Waals surface area contributed by atoms with Crippen LogP contribution in [0.5, 0.6) is 0 Å². The molecular weight excluding hydrogens is 186 g/mol. The Balaban J connectivity index is 2.03. The highest BCUT2D eigenvalue weighted by molar-refractivity contribution is 5.24. The summed E-state index contributed by atoms with van der Waals surface area (Å²) >= 11 is 0. The maximum absolute atomic E-state index is 4.41. The molecule has 1 aliphatic rings. The quantitative estimate of drug-likeness (QED) is 0.755. The van der Waals surface area contributed by atoms with Crippen molar-refractivity contribution in [2.24, 2.45) is 0 Å². The highest BCUT2D eigenvalue weighted by atomic mass is 15.1. The van der Waals surface area contributed by atoms with Crippen molar-refractivity contribution < 1.29 is 0 Å². The Morgan fingerprint density at radius 2 is 2.27 bits per heavy atom. The van der Waals surface area contributed by atoms with Crippen molar-refractivity contribution in [3.8, 4) is 0 Å². The van der Waals surface area contributed by atoms with Gasteiger partial charge in [0.2, 0.25) is 0 Å². The van der Waals surface area contributed by atoms with E-state index in [-0.39, 0.29) is 6.04 Å². The molecule has 0 bridgehead atoms. The molecule has 2 aromatic heterocycles. The van der Waals surface area contributed by atoms with Crippen molar-refractivity contribution in [1.29, 1.82) is 0 Å². The van der Waals surface area contributed by atoms with E-state index in [0.717, 1.165) is 18.8 Å². The monoisotopic (exact) mass is 199 g/mol. The van der Waals surface area contributed by atoms with Crippen molar-refractivity contribution in [3.05, 3.63) is 54.1 Å². The van der Waals surface area contributed by atoms with Crippen molar-refractivity contribution in [2.75, 3.05) is 6.54 Å². The SMILES string of the molecule is c1ccc(C2NCCn3cccc32)nc1. The van der Waals surface area contributed by atoms with Crippen LogP contribution in [0.15, 0.2) is 42.7 Å². The Morgan fingerprint density at radius 3 is 3.13 bits per heavy atom. The molecule has 15 heavy (non-hydrogen) atoms. The van der Waals surface area contributed by atoms with E-state index in [1.54, 1.807) is 0 Å². The summed E-state index contributed by atoms with van der Waals surface area (Å²) in [5.41, 5.74) is 2.40. The van der Waals surface area contributed by atoms with Crippen LogP contribution in [0.2, 0.25) is 0 Å². The normalized spacial score (nSPS) is 19.9. The van der Waals surface area contributed by atoms with Gasteiger partial charge in [-0.3, -0.25) is 4.98 Å². The van der Waals surface area contributed by atoms with Gasteiger partial charge in [0.1, 0.15) is 0 Å². The zero-order valence-electron chi connectivity index (χ0n) is 8.43. The van der Waals surface area contributed by atoms with Gasteiger partial charge < -0.3 is 9.88 Å².